The van der Waals surface area contributed by atoms with E-state index in [1.807, 2.05) is 39.8 Å². The van der Waals surface area contributed by atoms with Crippen molar-refractivity contribution < 1.29 is 22.9 Å². The van der Waals surface area contributed by atoms with Gasteiger partial charge in [0.2, 0.25) is 5.91 Å². The molecule has 13 heteroatoms. The normalized spacial score (nSPS) is 13.8. The Morgan fingerprint density at radius 2 is 1.60 bits per heavy atom. The monoisotopic (exact) mass is 596 g/mol. The Bertz CT molecular complexity index is 1540. The van der Waals surface area contributed by atoms with Gasteiger partial charge in [-0.05, 0) is 48.9 Å². The lowest BCUT2D eigenvalue weighted by molar-refractivity contribution is -0.384. The van der Waals surface area contributed by atoms with Crippen LogP contribution >= 0.6 is 11.8 Å². The molecule has 0 saturated carbocycles. The highest BCUT2D eigenvalue weighted by Crippen LogP contribution is 2.32. The summed E-state index contributed by atoms with van der Waals surface area (Å²) < 4.78 is 41.1. The lowest BCUT2D eigenvalue weighted by Gasteiger charge is -2.36. The van der Waals surface area contributed by atoms with E-state index in [-0.39, 0.29) is 11.6 Å². The number of alkyl halides is 3. The molecular weight excluding hydrogens is 569 g/mol. The summed E-state index contributed by atoms with van der Waals surface area (Å²) >= 11 is 1.47. The van der Waals surface area contributed by atoms with Crippen molar-refractivity contribution >= 4 is 29.0 Å². The largest absolute Gasteiger partial charge is 0.416 e. The Labute approximate surface area is 244 Å². The van der Waals surface area contributed by atoms with Crippen LogP contribution in [0.1, 0.15) is 18.4 Å². The van der Waals surface area contributed by atoms with E-state index in [0.717, 1.165) is 17.8 Å². The van der Waals surface area contributed by atoms with Gasteiger partial charge < -0.3 is 9.80 Å². The molecule has 5 rings (SSSR count). The molecule has 0 atom stereocenters. The number of halogens is 3. The van der Waals surface area contributed by atoms with E-state index >= 15 is 0 Å². The number of hydrogen-bond donors (Lipinski definition) is 0. The van der Waals surface area contributed by atoms with Gasteiger partial charge in [0.25, 0.3) is 5.69 Å². The number of benzene rings is 3. The van der Waals surface area contributed by atoms with Crippen molar-refractivity contribution in [2.75, 3.05) is 36.8 Å². The molecule has 9 nitrogen and oxygen atoms in total. The van der Waals surface area contributed by atoms with Crippen LogP contribution < -0.4 is 4.90 Å². The number of nitro benzene ring substituents is 1. The van der Waals surface area contributed by atoms with Crippen molar-refractivity contribution in [1.82, 2.24) is 19.7 Å². The predicted octanol–water partition coefficient (Wildman–Crippen LogP) is 6.08. The summed E-state index contributed by atoms with van der Waals surface area (Å²) in [5, 5.41) is 20.4. The van der Waals surface area contributed by atoms with E-state index in [2.05, 4.69) is 10.2 Å². The summed E-state index contributed by atoms with van der Waals surface area (Å²) in [6, 6.07) is 20.9. The first-order valence-corrected chi connectivity index (χ1v) is 14.3. The zero-order chi connectivity index (χ0) is 29.7. The zero-order valence-corrected chi connectivity index (χ0v) is 23.2. The smallest absolute Gasteiger partial charge is 0.368 e. The maximum Gasteiger partial charge on any atom is 0.416 e. The molecule has 42 heavy (non-hydrogen) atoms. The van der Waals surface area contributed by atoms with Crippen molar-refractivity contribution in [2.24, 2.45) is 0 Å². The molecule has 1 saturated heterocycles. The number of anilines is 1. The lowest BCUT2D eigenvalue weighted by atomic mass is 10.1. The van der Waals surface area contributed by atoms with Crippen LogP contribution in [0.15, 0.2) is 84.0 Å². The van der Waals surface area contributed by atoms with Crippen LogP contribution in [0, 0.1) is 10.1 Å². The number of non-ortho nitro benzene ring substituents is 1. The number of carbonyl (C=O) groups excluding carboxylic acids is 1. The lowest BCUT2D eigenvalue weighted by Crippen LogP contribution is -2.48. The topological polar surface area (TPSA) is 97.4 Å². The molecule has 4 aromatic rings. The molecule has 1 amide bonds. The predicted molar refractivity (Wildman–Crippen MR) is 154 cm³/mol. The standard InChI is InChI=1S/C29H27F3N6O3S/c30-29(31,32)22-6-4-9-25(20-22)35-15-17-36(18-16-35)26(39)10-5-19-42-28-34-33-27(37(28)23-7-2-1-3-8-23)21-11-13-24(14-12-21)38(40)41/h1-4,6-9,11-14,20H,5,10,15-19H2. The summed E-state index contributed by atoms with van der Waals surface area (Å²) in [5.41, 5.74) is 1.33. The van der Waals surface area contributed by atoms with Crippen molar-refractivity contribution in [3.8, 4) is 17.1 Å². The first kappa shape index (κ1) is 29.1. The number of aromatic nitrogens is 3. The van der Waals surface area contributed by atoms with Crippen molar-refractivity contribution in [2.45, 2.75) is 24.2 Å². The van der Waals surface area contributed by atoms with Crippen LogP contribution in [0.2, 0.25) is 0 Å². The minimum Gasteiger partial charge on any atom is -0.368 e. The van der Waals surface area contributed by atoms with E-state index in [4.69, 9.17) is 0 Å². The van der Waals surface area contributed by atoms with Crippen LogP contribution in [0.3, 0.4) is 0 Å². The number of amides is 1. The Balaban J connectivity index is 1.17. The van der Waals surface area contributed by atoms with Gasteiger partial charge in [-0.25, -0.2) is 0 Å². The molecule has 1 fully saturated rings. The molecule has 2 heterocycles. The average Bonchev–Trinajstić information content (AvgIpc) is 3.43. The Morgan fingerprint density at radius 1 is 0.905 bits per heavy atom. The molecule has 1 aliphatic rings. The van der Waals surface area contributed by atoms with Crippen LogP contribution in [-0.2, 0) is 11.0 Å². The highest BCUT2D eigenvalue weighted by molar-refractivity contribution is 7.99. The van der Waals surface area contributed by atoms with Crippen LogP contribution in [0.4, 0.5) is 24.5 Å². The van der Waals surface area contributed by atoms with E-state index in [1.54, 1.807) is 23.1 Å². The summed E-state index contributed by atoms with van der Waals surface area (Å²) in [4.78, 5) is 27.1. The van der Waals surface area contributed by atoms with E-state index < -0.39 is 16.7 Å². The number of thioether (sulfide) groups is 1. The average molecular weight is 597 g/mol. The van der Waals surface area contributed by atoms with Gasteiger partial charge in [-0.15, -0.1) is 10.2 Å². The third kappa shape index (κ3) is 6.73. The molecule has 0 N–H and O–H groups in total. The fraction of sp³-hybridized carbons (Fsp3) is 0.276. The van der Waals surface area contributed by atoms with Gasteiger partial charge >= 0.3 is 6.18 Å². The maximum absolute atomic E-state index is 13.1. The van der Waals surface area contributed by atoms with Crippen molar-refractivity contribution in [3.63, 3.8) is 0 Å². The summed E-state index contributed by atoms with van der Waals surface area (Å²) in [5.74, 6) is 1.17. The maximum atomic E-state index is 13.1. The molecule has 0 radical (unpaired) electrons. The van der Waals surface area contributed by atoms with Crippen molar-refractivity contribution in [1.29, 1.82) is 0 Å². The molecule has 0 unspecified atom stereocenters. The first-order valence-electron chi connectivity index (χ1n) is 13.3. The minimum absolute atomic E-state index is 0.00962. The number of para-hydroxylation sites is 1. The summed E-state index contributed by atoms with van der Waals surface area (Å²) in [7, 11) is 0. The molecule has 0 aliphatic carbocycles. The minimum atomic E-state index is -4.40. The van der Waals surface area contributed by atoms with Gasteiger partial charge in [0.15, 0.2) is 11.0 Å². The molecule has 218 valence electrons. The Kier molecular flexibility index (Phi) is 8.76. The molecule has 0 bridgehead atoms. The number of hydrogen-bond acceptors (Lipinski definition) is 7. The highest BCUT2D eigenvalue weighted by atomic mass is 32.2. The highest BCUT2D eigenvalue weighted by Gasteiger charge is 2.31. The van der Waals surface area contributed by atoms with Gasteiger partial charge in [-0.1, -0.05) is 36.0 Å². The third-order valence-corrected chi connectivity index (χ3v) is 7.94. The molecule has 0 spiro atoms. The van der Waals surface area contributed by atoms with Gasteiger partial charge in [0.1, 0.15) is 0 Å². The van der Waals surface area contributed by atoms with Crippen LogP contribution in [0.5, 0.6) is 0 Å². The summed E-state index contributed by atoms with van der Waals surface area (Å²) in [6.07, 6.45) is -3.45. The second-order valence-electron chi connectivity index (χ2n) is 9.65. The number of piperazine rings is 1. The zero-order valence-electron chi connectivity index (χ0n) is 22.4. The number of nitro groups is 1. The van der Waals surface area contributed by atoms with E-state index in [1.165, 1.54) is 30.0 Å². The fourth-order valence-electron chi connectivity index (χ4n) is 4.73. The quantitative estimate of drug-likeness (QED) is 0.1000. The molecule has 3 aromatic carbocycles. The number of nitrogens with zero attached hydrogens (tertiary/aromatic N) is 6. The second kappa shape index (κ2) is 12.6. The van der Waals surface area contributed by atoms with Gasteiger partial charge in [0, 0.05) is 67.4 Å². The Morgan fingerprint density at radius 3 is 2.26 bits per heavy atom. The number of carbonyl (C=O) groups is 1. The molecular formula is C29H27F3N6O3S. The van der Waals surface area contributed by atoms with Gasteiger partial charge in [-0.3, -0.25) is 19.5 Å². The Hall–Kier alpha value is -4.39. The third-order valence-electron chi connectivity index (χ3n) is 6.92. The number of rotatable bonds is 9. The molecule has 1 aliphatic heterocycles. The van der Waals surface area contributed by atoms with Crippen LogP contribution in [-0.4, -0.2) is 62.4 Å². The van der Waals surface area contributed by atoms with E-state index in [0.29, 0.717) is 67.0 Å². The first-order chi connectivity index (χ1) is 20.2. The van der Waals surface area contributed by atoms with E-state index in [9.17, 15) is 28.1 Å². The van der Waals surface area contributed by atoms with Gasteiger partial charge in [0.05, 0.1) is 10.5 Å². The second-order valence-corrected chi connectivity index (χ2v) is 10.7. The van der Waals surface area contributed by atoms with Crippen molar-refractivity contribution in [3.05, 3.63) is 94.5 Å². The van der Waals surface area contributed by atoms with Crippen LogP contribution in [0.25, 0.3) is 17.1 Å². The van der Waals surface area contributed by atoms with Gasteiger partial charge in [-0.2, -0.15) is 13.2 Å². The summed E-state index contributed by atoms with van der Waals surface area (Å²) in [6.45, 7) is 1.83. The SMILES string of the molecule is O=C(CCCSc1nnc(-c2ccc([N+](=O)[O-])cc2)n1-c1ccccc1)N1CCN(c2cccc(C(F)(F)F)c2)CC1. The fourth-order valence-corrected chi connectivity index (χ4v) is 5.62. The molecule has 1 aromatic heterocycles.